The minimum absolute atomic E-state index is 0.304. The fraction of sp³-hybridized carbons (Fsp3) is 0.667. The molecular weight excluding hydrogens is 236 g/mol. The molecule has 0 radical (unpaired) electrons. The predicted octanol–water partition coefficient (Wildman–Crippen LogP) is 2.00. The zero-order valence-corrected chi connectivity index (χ0v) is 12.9. The van der Waals surface area contributed by atoms with Crippen LogP contribution in [0.2, 0.25) is 0 Å². The maximum atomic E-state index is 5.85. The Morgan fingerprint density at radius 3 is 2.11 bits per heavy atom. The molecule has 4 nitrogen and oxygen atoms in total. The number of nitrogens with one attached hydrogen (secondary N) is 1. The highest BCUT2D eigenvalue weighted by Crippen LogP contribution is 2.11. The van der Waals surface area contributed by atoms with E-state index in [4.69, 9.17) is 5.73 Å². The largest absolute Gasteiger partial charge is 0.370 e. The highest BCUT2D eigenvalue weighted by molar-refractivity contribution is 5.78. The molecule has 0 bridgehead atoms. The van der Waals surface area contributed by atoms with Crippen LogP contribution in [0.15, 0.2) is 30.3 Å². The second kappa shape index (κ2) is 9.62. The summed E-state index contributed by atoms with van der Waals surface area (Å²) in [6, 6.07) is 0.641. The number of guanidine groups is 1. The van der Waals surface area contributed by atoms with Gasteiger partial charge >= 0.3 is 0 Å². The van der Waals surface area contributed by atoms with E-state index in [1.54, 1.807) is 0 Å². The first kappa shape index (κ1) is 17.7. The third-order valence-electron chi connectivity index (χ3n) is 2.85. The molecule has 3 N–H and O–H groups in total. The molecule has 0 saturated heterocycles. The predicted molar refractivity (Wildman–Crippen MR) is 85.4 cm³/mol. The summed E-state index contributed by atoms with van der Waals surface area (Å²) in [5, 5.41) is 3.11. The van der Waals surface area contributed by atoms with Crippen LogP contribution < -0.4 is 11.1 Å². The molecular formula is C15H30N4. The second-order valence-corrected chi connectivity index (χ2v) is 5.37. The SMILES string of the molecule is C=CCN(CC=C)C(CN=C(N)NC(C)C)C(C)C. The van der Waals surface area contributed by atoms with Crippen molar-refractivity contribution in [1.29, 1.82) is 0 Å². The van der Waals surface area contributed by atoms with E-state index in [0.717, 1.165) is 13.1 Å². The maximum Gasteiger partial charge on any atom is 0.188 e. The normalized spacial score (nSPS) is 13.9. The van der Waals surface area contributed by atoms with Crippen molar-refractivity contribution in [2.75, 3.05) is 19.6 Å². The van der Waals surface area contributed by atoms with Gasteiger partial charge in [0.2, 0.25) is 0 Å². The van der Waals surface area contributed by atoms with E-state index in [2.05, 4.69) is 42.2 Å². The van der Waals surface area contributed by atoms with Gasteiger partial charge in [-0.25, -0.2) is 0 Å². The third kappa shape index (κ3) is 7.67. The summed E-state index contributed by atoms with van der Waals surface area (Å²) in [7, 11) is 0. The summed E-state index contributed by atoms with van der Waals surface area (Å²) in [6.07, 6.45) is 3.83. The molecule has 110 valence electrons. The Bertz CT molecular complexity index is 285. The first-order valence-corrected chi connectivity index (χ1v) is 6.94. The summed E-state index contributed by atoms with van der Waals surface area (Å²) in [5.41, 5.74) is 5.85. The van der Waals surface area contributed by atoms with Gasteiger partial charge < -0.3 is 11.1 Å². The molecule has 4 heteroatoms. The van der Waals surface area contributed by atoms with E-state index in [1.165, 1.54) is 0 Å². The Morgan fingerprint density at radius 1 is 1.21 bits per heavy atom. The van der Waals surface area contributed by atoms with E-state index in [0.29, 0.717) is 30.5 Å². The van der Waals surface area contributed by atoms with E-state index in [1.807, 2.05) is 26.0 Å². The van der Waals surface area contributed by atoms with Crippen LogP contribution in [0, 0.1) is 5.92 Å². The van der Waals surface area contributed by atoms with Crippen molar-refractivity contribution in [3.05, 3.63) is 25.3 Å². The van der Waals surface area contributed by atoms with Crippen molar-refractivity contribution >= 4 is 5.96 Å². The Kier molecular flexibility index (Phi) is 8.96. The lowest BCUT2D eigenvalue weighted by Gasteiger charge is -2.31. The number of hydrogen-bond donors (Lipinski definition) is 2. The summed E-state index contributed by atoms with van der Waals surface area (Å²) >= 11 is 0. The molecule has 0 aromatic carbocycles. The second-order valence-electron chi connectivity index (χ2n) is 5.37. The summed E-state index contributed by atoms with van der Waals surface area (Å²) < 4.78 is 0. The average Bonchev–Trinajstić information content (AvgIpc) is 2.28. The van der Waals surface area contributed by atoms with Gasteiger partial charge in [0.1, 0.15) is 0 Å². The van der Waals surface area contributed by atoms with Gasteiger partial charge in [-0.1, -0.05) is 26.0 Å². The molecule has 0 aromatic rings. The zero-order valence-electron chi connectivity index (χ0n) is 12.9. The molecule has 0 aliphatic carbocycles. The van der Waals surface area contributed by atoms with Crippen LogP contribution in [-0.4, -0.2) is 42.6 Å². The minimum atomic E-state index is 0.304. The van der Waals surface area contributed by atoms with Crippen molar-refractivity contribution in [3.63, 3.8) is 0 Å². The van der Waals surface area contributed by atoms with E-state index in [9.17, 15) is 0 Å². The number of aliphatic imine (C=N–C) groups is 1. The molecule has 0 saturated carbocycles. The lowest BCUT2D eigenvalue weighted by atomic mass is 10.0. The molecule has 0 heterocycles. The van der Waals surface area contributed by atoms with Gasteiger partial charge in [-0.05, 0) is 19.8 Å². The average molecular weight is 266 g/mol. The van der Waals surface area contributed by atoms with Gasteiger partial charge in [0, 0.05) is 25.2 Å². The molecule has 0 rings (SSSR count). The van der Waals surface area contributed by atoms with Gasteiger partial charge in [-0.15, -0.1) is 13.2 Å². The van der Waals surface area contributed by atoms with Crippen LogP contribution in [0.3, 0.4) is 0 Å². The van der Waals surface area contributed by atoms with Crippen LogP contribution in [0.1, 0.15) is 27.7 Å². The van der Waals surface area contributed by atoms with Gasteiger partial charge in [-0.2, -0.15) is 0 Å². The highest BCUT2D eigenvalue weighted by atomic mass is 15.2. The number of nitrogens with zero attached hydrogens (tertiary/aromatic N) is 2. The van der Waals surface area contributed by atoms with Gasteiger partial charge in [-0.3, -0.25) is 9.89 Å². The van der Waals surface area contributed by atoms with Crippen molar-refractivity contribution in [2.45, 2.75) is 39.8 Å². The summed E-state index contributed by atoms with van der Waals surface area (Å²) in [6.45, 7) is 18.5. The molecule has 19 heavy (non-hydrogen) atoms. The highest BCUT2D eigenvalue weighted by Gasteiger charge is 2.19. The molecule has 0 aliphatic heterocycles. The first-order valence-electron chi connectivity index (χ1n) is 6.94. The van der Waals surface area contributed by atoms with Crippen LogP contribution in [-0.2, 0) is 0 Å². The minimum Gasteiger partial charge on any atom is -0.370 e. The lowest BCUT2D eigenvalue weighted by molar-refractivity contribution is 0.195. The Labute approximate surface area is 118 Å². The molecule has 0 aromatic heterocycles. The van der Waals surface area contributed by atoms with Crippen LogP contribution in [0.25, 0.3) is 0 Å². The van der Waals surface area contributed by atoms with Crippen LogP contribution >= 0.6 is 0 Å². The number of hydrogen-bond acceptors (Lipinski definition) is 2. The monoisotopic (exact) mass is 266 g/mol. The molecule has 0 amide bonds. The zero-order chi connectivity index (χ0) is 14.8. The topological polar surface area (TPSA) is 53.6 Å². The fourth-order valence-electron chi connectivity index (χ4n) is 1.96. The van der Waals surface area contributed by atoms with Crippen molar-refractivity contribution in [3.8, 4) is 0 Å². The molecule has 0 aliphatic rings. The Morgan fingerprint density at radius 2 is 1.74 bits per heavy atom. The van der Waals surface area contributed by atoms with Crippen molar-refractivity contribution in [1.82, 2.24) is 10.2 Å². The quantitative estimate of drug-likeness (QED) is 0.381. The van der Waals surface area contributed by atoms with E-state index < -0.39 is 0 Å². The molecule has 0 fully saturated rings. The standard InChI is InChI=1S/C15H30N4/c1-7-9-19(10-8-2)14(12(3)4)11-17-15(16)18-13(5)6/h7-8,12-14H,1-2,9-11H2,3-6H3,(H3,16,17,18). The van der Waals surface area contributed by atoms with E-state index >= 15 is 0 Å². The van der Waals surface area contributed by atoms with Gasteiger partial charge in [0.05, 0.1) is 6.54 Å². The molecule has 0 spiro atoms. The maximum absolute atomic E-state index is 5.85. The summed E-state index contributed by atoms with van der Waals surface area (Å²) in [5.74, 6) is 1.01. The van der Waals surface area contributed by atoms with Gasteiger partial charge in [0.15, 0.2) is 5.96 Å². The lowest BCUT2D eigenvalue weighted by Crippen LogP contribution is -2.43. The van der Waals surface area contributed by atoms with E-state index in [-0.39, 0.29) is 0 Å². The first-order chi connectivity index (χ1) is 8.92. The van der Waals surface area contributed by atoms with Crippen LogP contribution in [0.4, 0.5) is 0 Å². The third-order valence-corrected chi connectivity index (χ3v) is 2.85. The number of rotatable bonds is 9. The van der Waals surface area contributed by atoms with Crippen molar-refractivity contribution in [2.24, 2.45) is 16.6 Å². The Hall–Kier alpha value is -1.29. The van der Waals surface area contributed by atoms with Crippen LogP contribution in [0.5, 0.6) is 0 Å². The Balaban J connectivity index is 4.70. The molecule has 1 atom stereocenters. The van der Waals surface area contributed by atoms with Gasteiger partial charge in [0.25, 0.3) is 0 Å². The number of nitrogens with two attached hydrogens (primary N) is 1. The smallest absolute Gasteiger partial charge is 0.188 e. The molecule has 1 unspecified atom stereocenters. The van der Waals surface area contributed by atoms with Crippen molar-refractivity contribution < 1.29 is 0 Å². The fourth-order valence-corrected chi connectivity index (χ4v) is 1.96. The summed E-state index contributed by atoms with van der Waals surface area (Å²) in [4.78, 5) is 6.76.